The lowest BCUT2D eigenvalue weighted by Crippen LogP contribution is -2.34. The van der Waals surface area contributed by atoms with Crippen molar-refractivity contribution in [2.75, 3.05) is 16.6 Å². The van der Waals surface area contributed by atoms with Crippen molar-refractivity contribution in [3.8, 4) is 0 Å². The fourth-order valence-corrected chi connectivity index (χ4v) is 4.81. The average Bonchev–Trinajstić information content (AvgIpc) is 3.44. The number of halogens is 3. The van der Waals surface area contributed by atoms with E-state index in [4.69, 9.17) is 5.11 Å². The number of anilines is 3. The van der Waals surface area contributed by atoms with E-state index in [1.54, 1.807) is 13.0 Å². The maximum absolute atomic E-state index is 14.4. The Morgan fingerprint density at radius 1 is 1.10 bits per heavy atom. The minimum Gasteiger partial charge on any atom is -0.394 e. The molecule has 0 heterocycles. The van der Waals surface area contributed by atoms with Crippen LogP contribution in [0.4, 0.5) is 30.2 Å². The minimum atomic E-state index is -4.11. The highest BCUT2D eigenvalue weighted by atomic mass is 32.2. The van der Waals surface area contributed by atoms with Crippen LogP contribution < -0.4 is 10.0 Å². The number of aryl methyl sites for hydroxylation is 1. The van der Waals surface area contributed by atoms with Crippen LogP contribution in [0.1, 0.15) is 24.8 Å². The summed E-state index contributed by atoms with van der Waals surface area (Å²) in [6, 6.07) is 5.86. The minimum absolute atomic E-state index is 0.155. The van der Waals surface area contributed by atoms with Crippen molar-refractivity contribution in [1.29, 1.82) is 0 Å². The largest absolute Gasteiger partial charge is 0.394 e. The summed E-state index contributed by atoms with van der Waals surface area (Å²) in [5, 5.41) is 21.1. The van der Waals surface area contributed by atoms with E-state index >= 15 is 0 Å². The van der Waals surface area contributed by atoms with E-state index in [1.807, 2.05) is 0 Å². The van der Waals surface area contributed by atoms with Gasteiger partial charge in [0.05, 0.1) is 28.8 Å². The molecule has 0 unspecified atom stereocenters. The lowest BCUT2D eigenvalue weighted by Gasteiger charge is -2.22. The predicted octanol–water partition coefficient (Wildman–Crippen LogP) is 3.17. The van der Waals surface area contributed by atoms with Crippen LogP contribution in [0.2, 0.25) is 0 Å². The van der Waals surface area contributed by atoms with E-state index in [-0.39, 0.29) is 30.6 Å². The van der Waals surface area contributed by atoms with Gasteiger partial charge in [0.25, 0.3) is 0 Å². The average molecular weight is 430 g/mol. The molecular formula is C19H21F3N2O4S. The Morgan fingerprint density at radius 2 is 1.76 bits per heavy atom. The third-order valence-electron chi connectivity index (χ3n) is 4.92. The molecule has 6 nitrogen and oxygen atoms in total. The second kappa shape index (κ2) is 7.85. The summed E-state index contributed by atoms with van der Waals surface area (Å²) in [5.41, 5.74) is -0.396. The summed E-state index contributed by atoms with van der Waals surface area (Å²) in [6.45, 7) is 1.06. The number of nitrogens with one attached hydrogen (secondary N) is 2. The number of aliphatic hydroxyl groups is 2. The molecular weight excluding hydrogens is 409 g/mol. The second-order valence-electron chi connectivity index (χ2n) is 7.22. The Labute approximate surface area is 166 Å². The number of hydrogen-bond acceptors (Lipinski definition) is 5. The summed E-state index contributed by atoms with van der Waals surface area (Å²) in [5.74, 6) is -3.32. The zero-order chi connectivity index (χ0) is 21.4. The quantitative estimate of drug-likeness (QED) is 0.516. The normalized spacial score (nSPS) is 16.3. The van der Waals surface area contributed by atoms with E-state index < -0.39 is 50.6 Å². The molecule has 2 aromatic carbocycles. The summed E-state index contributed by atoms with van der Waals surface area (Å²) in [4.78, 5) is 0. The zero-order valence-electron chi connectivity index (χ0n) is 15.5. The third kappa shape index (κ3) is 4.34. The molecule has 0 aliphatic heterocycles. The molecule has 0 bridgehead atoms. The summed E-state index contributed by atoms with van der Waals surface area (Å²) < 4.78 is 68.9. The van der Waals surface area contributed by atoms with Crippen LogP contribution in [0.15, 0.2) is 30.3 Å². The van der Waals surface area contributed by atoms with Crippen LogP contribution >= 0.6 is 0 Å². The first-order valence-electron chi connectivity index (χ1n) is 8.91. The highest BCUT2D eigenvalue weighted by molar-refractivity contribution is 7.94. The van der Waals surface area contributed by atoms with Gasteiger partial charge in [-0.2, -0.15) is 0 Å². The van der Waals surface area contributed by atoms with Gasteiger partial charge < -0.3 is 15.5 Å². The van der Waals surface area contributed by atoms with E-state index in [0.717, 1.165) is 12.1 Å². The first-order valence-corrected chi connectivity index (χ1v) is 10.4. The van der Waals surface area contributed by atoms with Gasteiger partial charge in [0.15, 0.2) is 11.6 Å². The molecule has 3 rings (SSSR count). The highest BCUT2D eigenvalue weighted by Crippen LogP contribution is 2.48. The topological polar surface area (TPSA) is 98.7 Å². The molecule has 4 N–H and O–H groups in total. The molecule has 1 fully saturated rings. The summed E-state index contributed by atoms with van der Waals surface area (Å²) in [6.07, 6.45) is -0.924. The van der Waals surface area contributed by atoms with Gasteiger partial charge in [0, 0.05) is 0 Å². The molecule has 0 radical (unpaired) electrons. The lowest BCUT2D eigenvalue weighted by molar-refractivity contribution is 0.0858. The molecule has 1 aliphatic rings. The van der Waals surface area contributed by atoms with Crippen LogP contribution in [-0.4, -0.2) is 36.1 Å². The van der Waals surface area contributed by atoms with Gasteiger partial charge >= 0.3 is 0 Å². The molecule has 10 heteroatoms. The Bertz CT molecular complexity index is 1030. The van der Waals surface area contributed by atoms with E-state index in [2.05, 4.69) is 10.0 Å². The first-order chi connectivity index (χ1) is 13.6. The molecule has 1 saturated carbocycles. The number of hydrogen-bond donors (Lipinski definition) is 4. The van der Waals surface area contributed by atoms with Gasteiger partial charge in [-0.15, -0.1) is 0 Å². The predicted molar refractivity (Wildman–Crippen MR) is 103 cm³/mol. The highest BCUT2D eigenvalue weighted by Gasteiger charge is 2.55. The van der Waals surface area contributed by atoms with Crippen molar-refractivity contribution in [1.82, 2.24) is 0 Å². The van der Waals surface area contributed by atoms with Crippen LogP contribution in [0.25, 0.3) is 0 Å². The second-order valence-corrected chi connectivity index (χ2v) is 9.30. The number of sulfonamides is 1. The Kier molecular flexibility index (Phi) is 5.79. The van der Waals surface area contributed by atoms with E-state index in [0.29, 0.717) is 5.56 Å². The van der Waals surface area contributed by atoms with Crippen molar-refractivity contribution in [3.05, 3.63) is 53.3 Å². The molecule has 1 atom stereocenters. The molecule has 0 spiro atoms. The summed E-state index contributed by atoms with van der Waals surface area (Å²) >= 11 is 0. The van der Waals surface area contributed by atoms with Gasteiger partial charge in [-0.25, -0.2) is 21.6 Å². The van der Waals surface area contributed by atoms with Crippen molar-refractivity contribution < 1.29 is 31.8 Å². The lowest BCUT2D eigenvalue weighted by atomic mass is 10.2. The third-order valence-corrected chi connectivity index (χ3v) is 7.12. The fourth-order valence-electron chi connectivity index (χ4n) is 3.08. The molecule has 0 saturated heterocycles. The SMILES string of the molecule is Cc1ccc(Nc2c(NS(=O)(=O)C3(C[C@H](O)CO)CC3)ccc(F)c2F)c(F)c1. The zero-order valence-corrected chi connectivity index (χ0v) is 16.4. The van der Waals surface area contributed by atoms with Gasteiger partial charge in [-0.1, -0.05) is 6.07 Å². The van der Waals surface area contributed by atoms with Gasteiger partial charge in [0.1, 0.15) is 11.5 Å². The standard InChI is InChI=1S/C19H21F3N2O4S/c1-11-2-4-15(14(21)8-11)23-18-16(5-3-13(20)17(18)22)24-29(27,28)19(6-7-19)9-12(26)10-25/h2-5,8,12,23-26H,6-7,9-10H2,1H3/t12-/m0/s1. The Hall–Kier alpha value is -2.30. The molecule has 2 aromatic rings. The Balaban J connectivity index is 1.95. The van der Waals surface area contributed by atoms with Crippen molar-refractivity contribution in [2.45, 2.75) is 37.0 Å². The van der Waals surface area contributed by atoms with E-state index in [1.165, 1.54) is 12.1 Å². The Morgan fingerprint density at radius 3 is 2.34 bits per heavy atom. The molecule has 29 heavy (non-hydrogen) atoms. The summed E-state index contributed by atoms with van der Waals surface area (Å²) in [7, 11) is -4.11. The maximum atomic E-state index is 14.4. The molecule has 0 aromatic heterocycles. The fraction of sp³-hybridized carbons (Fsp3) is 0.368. The number of benzene rings is 2. The number of aliphatic hydroxyl groups excluding tert-OH is 2. The van der Waals surface area contributed by atoms with Crippen LogP contribution in [-0.2, 0) is 10.0 Å². The van der Waals surface area contributed by atoms with Crippen molar-refractivity contribution in [2.24, 2.45) is 0 Å². The van der Waals surface area contributed by atoms with Crippen LogP contribution in [0.5, 0.6) is 0 Å². The van der Waals surface area contributed by atoms with Gasteiger partial charge in [-0.3, -0.25) is 4.72 Å². The smallest absolute Gasteiger partial charge is 0.238 e. The molecule has 0 amide bonds. The van der Waals surface area contributed by atoms with Gasteiger partial charge in [0.2, 0.25) is 10.0 Å². The van der Waals surface area contributed by atoms with Crippen molar-refractivity contribution in [3.63, 3.8) is 0 Å². The van der Waals surface area contributed by atoms with Gasteiger partial charge in [-0.05, 0) is 56.0 Å². The first kappa shape index (κ1) is 21.4. The number of rotatable bonds is 8. The van der Waals surface area contributed by atoms with Crippen LogP contribution in [0, 0.1) is 24.4 Å². The maximum Gasteiger partial charge on any atom is 0.238 e. The van der Waals surface area contributed by atoms with Crippen LogP contribution in [0.3, 0.4) is 0 Å². The molecule has 158 valence electrons. The van der Waals surface area contributed by atoms with Crippen molar-refractivity contribution >= 4 is 27.1 Å². The molecule has 1 aliphatic carbocycles. The monoisotopic (exact) mass is 430 g/mol. The van der Waals surface area contributed by atoms with E-state index in [9.17, 15) is 26.7 Å².